The highest BCUT2D eigenvalue weighted by molar-refractivity contribution is 6.09. The number of hydrogen-bond donors (Lipinski definition) is 2. The van der Waals surface area contributed by atoms with Crippen molar-refractivity contribution in [2.75, 3.05) is 6.54 Å². The maximum Gasteiger partial charge on any atom is 0.325 e. The summed E-state index contributed by atoms with van der Waals surface area (Å²) in [6.45, 7) is 0.982. The van der Waals surface area contributed by atoms with E-state index in [9.17, 15) is 23.2 Å². The number of hydrogen-bond acceptors (Lipinski definition) is 3. The minimum atomic E-state index is -1.79. The van der Waals surface area contributed by atoms with Crippen LogP contribution in [-0.4, -0.2) is 29.3 Å². The van der Waals surface area contributed by atoms with Crippen molar-refractivity contribution in [2.45, 2.75) is 19.0 Å². The van der Waals surface area contributed by atoms with E-state index in [0.717, 1.165) is 23.8 Å². The van der Waals surface area contributed by atoms with Gasteiger partial charge >= 0.3 is 6.03 Å². The van der Waals surface area contributed by atoms with E-state index in [1.165, 1.54) is 6.92 Å². The van der Waals surface area contributed by atoms with Crippen LogP contribution in [0, 0.1) is 11.6 Å². The fraction of sp³-hybridized carbons (Fsp3) is 0.211. The highest BCUT2D eigenvalue weighted by Crippen LogP contribution is 2.31. The first-order valence-corrected chi connectivity index (χ1v) is 8.21. The lowest BCUT2D eigenvalue weighted by Crippen LogP contribution is -2.43. The molecule has 8 heteroatoms. The van der Waals surface area contributed by atoms with Crippen molar-refractivity contribution in [3.8, 4) is 0 Å². The summed E-state index contributed by atoms with van der Waals surface area (Å²) in [7, 11) is 0. The second kappa shape index (κ2) is 7.14. The van der Waals surface area contributed by atoms with E-state index < -0.39 is 41.6 Å². The van der Waals surface area contributed by atoms with E-state index in [1.807, 2.05) is 30.3 Å². The lowest BCUT2D eigenvalue weighted by atomic mass is 9.91. The van der Waals surface area contributed by atoms with Crippen molar-refractivity contribution in [3.63, 3.8) is 0 Å². The Balaban J connectivity index is 1.72. The first-order valence-electron chi connectivity index (χ1n) is 8.21. The molecule has 0 bridgehead atoms. The Morgan fingerprint density at radius 1 is 1.15 bits per heavy atom. The minimum Gasteiger partial charge on any atom is -0.350 e. The fourth-order valence-corrected chi connectivity index (χ4v) is 2.90. The maximum absolute atomic E-state index is 14.1. The van der Waals surface area contributed by atoms with Gasteiger partial charge in [-0.25, -0.2) is 13.6 Å². The Bertz CT molecular complexity index is 904. The molecule has 1 atom stereocenters. The van der Waals surface area contributed by atoms with E-state index in [4.69, 9.17) is 0 Å². The highest BCUT2D eigenvalue weighted by atomic mass is 19.1. The molecule has 0 radical (unpaired) electrons. The molecule has 2 aromatic carbocycles. The Hall–Kier alpha value is -3.29. The monoisotopic (exact) mass is 373 g/mol. The van der Waals surface area contributed by atoms with Crippen LogP contribution in [0.15, 0.2) is 48.5 Å². The van der Waals surface area contributed by atoms with Crippen LogP contribution in [0.5, 0.6) is 0 Å². The molecule has 6 nitrogen and oxygen atoms in total. The van der Waals surface area contributed by atoms with Crippen LogP contribution < -0.4 is 10.6 Å². The van der Waals surface area contributed by atoms with Crippen LogP contribution in [0.1, 0.15) is 18.1 Å². The van der Waals surface area contributed by atoms with Gasteiger partial charge in [-0.15, -0.1) is 0 Å². The molecule has 4 amide bonds. The third kappa shape index (κ3) is 3.64. The molecule has 1 aliphatic rings. The van der Waals surface area contributed by atoms with Gasteiger partial charge in [-0.1, -0.05) is 30.3 Å². The summed E-state index contributed by atoms with van der Waals surface area (Å²) in [6, 6.07) is 10.9. The van der Waals surface area contributed by atoms with E-state index in [-0.39, 0.29) is 12.1 Å². The van der Waals surface area contributed by atoms with Gasteiger partial charge in [-0.2, -0.15) is 0 Å². The molecule has 1 heterocycles. The van der Waals surface area contributed by atoms with E-state index in [0.29, 0.717) is 4.90 Å². The molecule has 0 saturated carbocycles. The molecule has 3 rings (SSSR count). The third-order valence-corrected chi connectivity index (χ3v) is 4.38. The second-order valence-electron chi connectivity index (χ2n) is 6.33. The van der Waals surface area contributed by atoms with Crippen LogP contribution in [0.2, 0.25) is 0 Å². The van der Waals surface area contributed by atoms with Gasteiger partial charge < -0.3 is 10.6 Å². The number of halogens is 2. The number of benzene rings is 2. The summed E-state index contributed by atoms with van der Waals surface area (Å²) >= 11 is 0. The molecule has 1 fully saturated rings. The average molecular weight is 373 g/mol. The maximum atomic E-state index is 14.1. The largest absolute Gasteiger partial charge is 0.350 e. The number of imide groups is 1. The van der Waals surface area contributed by atoms with Crippen molar-refractivity contribution in [2.24, 2.45) is 0 Å². The fourth-order valence-electron chi connectivity index (χ4n) is 2.90. The summed E-state index contributed by atoms with van der Waals surface area (Å²) in [4.78, 5) is 37.7. The molecule has 27 heavy (non-hydrogen) atoms. The van der Waals surface area contributed by atoms with Crippen molar-refractivity contribution in [1.29, 1.82) is 0 Å². The van der Waals surface area contributed by atoms with Crippen LogP contribution in [0.4, 0.5) is 13.6 Å². The summed E-state index contributed by atoms with van der Waals surface area (Å²) in [5.41, 5.74) is -1.23. The van der Waals surface area contributed by atoms with E-state index in [2.05, 4.69) is 10.6 Å². The number of nitrogens with zero attached hydrogens (tertiary/aromatic N) is 1. The first-order chi connectivity index (χ1) is 12.8. The molecule has 140 valence electrons. The Kier molecular flexibility index (Phi) is 4.89. The van der Waals surface area contributed by atoms with Gasteiger partial charge in [-0.3, -0.25) is 14.5 Å². The Labute approximate surface area is 154 Å². The zero-order valence-electron chi connectivity index (χ0n) is 14.5. The van der Waals surface area contributed by atoms with Gasteiger partial charge in [0.05, 0.1) is 0 Å². The van der Waals surface area contributed by atoms with Crippen molar-refractivity contribution < 1.29 is 23.2 Å². The third-order valence-electron chi connectivity index (χ3n) is 4.38. The smallest absolute Gasteiger partial charge is 0.325 e. The normalized spacial score (nSPS) is 19.1. The summed E-state index contributed by atoms with van der Waals surface area (Å²) < 4.78 is 27.6. The van der Waals surface area contributed by atoms with Gasteiger partial charge in [-0.05, 0) is 30.7 Å². The first kappa shape index (κ1) is 18.5. The molecular formula is C19H17F2N3O3. The van der Waals surface area contributed by atoms with Crippen molar-refractivity contribution >= 4 is 17.8 Å². The highest BCUT2D eigenvalue weighted by Gasteiger charge is 2.50. The molecule has 0 spiro atoms. The van der Waals surface area contributed by atoms with E-state index >= 15 is 0 Å². The number of rotatable bonds is 5. The predicted octanol–water partition coefficient (Wildman–Crippen LogP) is 2.05. The lowest BCUT2D eigenvalue weighted by molar-refractivity contribution is -0.134. The molecule has 1 aliphatic heterocycles. The molecule has 2 aromatic rings. The number of urea groups is 1. The standard InChI is InChI=1S/C19H17F2N3O3/c1-19(14-9-13(20)7-8-15(14)21)17(26)24(18(27)23-19)11-16(25)22-10-12-5-3-2-4-6-12/h2-9H,10-11H2,1H3,(H,22,25)(H,23,27)/t19-/m0/s1. The number of amides is 4. The van der Waals surface area contributed by atoms with E-state index in [1.54, 1.807) is 0 Å². The predicted molar refractivity (Wildman–Crippen MR) is 92.2 cm³/mol. The summed E-state index contributed by atoms with van der Waals surface area (Å²) in [5.74, 6) is -2.95. The van der Waals surface area contributed by atoms with Gasteiger partial charge in [0.2, 0.25) is 5.91 Å². The zero-order chi connectivity index (χ0) is 19.6. The SMILES string of the molecule is C[C@@]1(c2cc(F)ccc2F)NC(=O)N(CC(=O)NCc2ccccc2)C1=O. The van der Waals surface area contributed by atoms with Crippen LogP contribution >= 0.6 is 0 Å². The van der Waals surface area contributed by atoms with Crippen LogP contribution in [0.25, 0.3) is 0 Å². The molecule has 1 saturated heterocycles. The lowest BCUT2D eigenvalue weighted by Gasteiger charge is -2.22. The summed E-state index contributed by atoms with van der Waals surface area (Å²) in [5, 5.41) is 4.95. The van der Waals surface area contributed by atoms with Gasteiger partial charge in [0.15, 0.2) is 0 Å². The number of nitrogens with one attached hydrogen (secondary N) is 2. The van der Waals surface area contributed by atoms with Crippen molar-refractivity contribution in [1.82, 2.24) is 15.5 Å². The molecule has 0 aromatic heterocycles. The zero-order valence-corrected chi connectivity index (χ0v) is 14.5. The number of carbonyl (C=O) groups excluding carboxylic acids is 3. The quantitative estimate of drug-likeness (QED) is 0.788. The molecule has 0 unspecified atom stereocenters. The topological polar surface area (TPSA) is 78.5 Å². The average Bonchev–Trinajstić information content (AvgIpc) is 2.87. The van der Waals surface area contributed by atoms with Crippen LogP contribution in [-0.2, 0) is 21.7 Å². The van der Waals surface area contributed by atoms with Gasteiger partial charge in [0, 0.05) is 12.1 Å². The summed E-state index contributed by atoms with van der Waals surface area (Å²) in [6.07, 6.45) is 0. The second-order valence-corrected chi connectivity index (χ2v) is 6.33. The Morgan fingerprint density at radius 2 is 1.85 bits per heavy atom. The molecule has 0 aliphatic carbocycles. The minimum absolute atomic E-state index is 0.235. The Morgan fingerprint density at radius 3 is 2.56 bits per heavy atom. The van der Waals surface area contributed by atoms with Crippen LogP contribution in [0.3, 0.4) is 0 Å². The molecule has 2 N–H and O–H groups in total. The van der Waals surface area contributed by atoms with Crippen molar-refractivity contribution in [3.05, 3.63) is 71.3 Å². The molecular weight excluding hydrogens is 356 g/mol. The van der Waals surface area contributed by atoms with Gasteiger partial charge in [0.25, 0.3) is 5.91 Å². The van der Waals surface area contributed by atoms with Gasteiger partial charge in [0.1, 0.15) is 23.7 Å². The number of carbonyl (C=O) groups is 3.